The molecule has 4 heteroatoms. The fourth-order valence-corrected chi connectivity index (χ4v) is 2.73. The summed E-state index contributed by atoms with van der Waals surface area (Å²) in [6, 6.07) is 4.65. The van der Waals surface area contributed by atoms with Crippen molar-refractivity contribution in [2.75, 3.05) is 13.6 Å². The van der Waals surface area contributed by atoms with Crippen LogP contribution in [0.5, 0.6) is 0 Å². The summed E-state index contributed by atoms with van der Waals surface area (Å²) in [5.41, 5.74) is 0.940. The van der Waals surface area contributed by atoms with Crippen LogP contribution in [0, 0.1) is 5.82 Å². The highest BCUT2D eigenvalue weighted by Gasteiger charge is 2.24. The van der Waals surface area contributed by atoms with Crippen molar-refractivity contribution in [1.29, 1.82) is 0 Å². The molecule has 106 valence electrons. The summed E-state index contributed by atoms with van der Waals surface area (Å²) < 4.78 is 12.9. The Labute approximate surface area is 115 Å². The molecule has 0 aromatic carbocycles. The quantitative estimate of drug-likeness (QED) is 0.907. The highest BCUT2D eigenvalue weighted by Crippen LogP contribution is 2.21. The van der Waals surface area contributed by atoms with Gasteiger partial charge in [0.2, 0.25) is 0 Å². The standard InChI is InChI=1S/C15H24FN3/c1-4-14(15-6-5-12(16)10-17-15)18-13-7-8-19(3)11(2)9-13/h5-6,10-11,13-14,18H,4,7-9H2,1-3H3. The summed E-state index contributed by atoms with van der Waals surface area (Å²) in [6.45, 7) is 5.54. The Kier molecular flexibility index (Phi) is 4.88. The maximum atomic E-state index is 12.9. The van der Waals surface area contributed by atoms with Crippen molar-refractivity contribution in [2.45, 2.75) is 51.2 Å². The summed E-state index contributed by atoms with van der Waals surface area (Å²) in [5, 5.41) is 3.68. The average Bonchev–Trinajstić information content (AvgIpc) is 2.41. The lowest BCUT2D eigenvalue weighted by Crippen LogP contribution is -2.46. The predicted molar refractivity (Wildman–Crippen MR) is 75.5 cm³/mol. The van der Waals surface area contributed by atoms with Crippen LogP contribution >= 0.6 is 0 Å². The van der Waals surface area contributed by atoms with Crippen LogP contribution in [0.1, 0.15) is 44.8 Å². The van der Waals surface area contributed by atoms with E-state index in [9.17, 15) is 4.39 Å². The Balaban J connectivity index is 1.97. The highest BCUT2D eigenvalue weighted by molar-refractivity contribution is 5.10. The lowest BCUT2D eigenvalue weighted by Gasteiger charge is -2.37. The number of nitrogens with zero attached hydrogens (tertiary/aromatic N) is 2. The smallest absolute Gasteiger partial charge is 0.141 e. The van der Waals surface area contributed by atoms with Crippen molar-refractivity contribution < 1.29 is 4.39 Å². The zero-order valence-corrected chi connectivity index (χ0v) is 12.1. The topological polar surface area (TPSA) is 28.2 Å². The Morgan fingerprint density at radius 3 is 2.89 bits per heavy atom. The number of aromatic nitrogens is 1. The van der Waals surface area contributed by atoms with Gasteiger partial charge in [0.15, 0.2) is 0 Å². The molecule has 3 unspecified atom stereocenters. The maximum Gasteiger partial charge on any atom is 0.141 e. The second-order valence-electron chi connectivity index (χ2n) is 5.58. The third-order valence-corrected chi connectivity index (χ3v) is 4.16. The number of rotatable bonds is 4. The molecule has 3 atom stereocenters. The van der Waals surface area contributed by atoms with Gasteiger partial charge in [0, 0.05) is 18.1 Å². The maximum absolute atomic E-state index is 12.9. The normalized spacial score (nSPS) is 26.3. The van der Waals surface area contributed by atoms with Gasteiger partial charge in [-0.05, 0) is 51.9 Å². The van der Waals surface area contributed by atoms with Gasteiger partial charge in [-0.1, -0.05) is 6.92 Å². The van der Waals surface area contributed by atoms with E-state index in [1.165, 1.54) is 18.7 Å². The molecule has 2 rings (SSSR count). The first kappa shape index (κ1) is 14.4. The number of likely N-dealkylation sites (tertiary alicyclic amines) is 1. The molecule has 1 aromatic rings. The van der Waals surface area contributed by atoms with Crippen LogP contribution in [0.3, 0.4) is 0 Å². The van der Waals surface area contributed by atoms with Gasteiger partial charge in [0.25, 0.3) is 0 Å². The number of halogens is 1. The molecule has 1 aliphatic heterocycles. The van der Waals surface area contributed by atoms with Gasteiger partial charge in [0.1, 0.15) is 5.82 Å². The Hall–Kier alpha value is -1.00. The van der Waals surface area contributed by atoms with Crippen LogP contribution in [-0.4, -0.2) is 35.6 Å². The van der Waals surface area contributed by atoms with Gasteiger partial charge < -0.3 is 10.2 Å². The van der Waals surface area contributed by atoms with Crippen LogP contribution < -0.4 is 5.32 Å². The Bertz CT molecular complexity index is 393. The molecule has 1 fully saturated rings. The van der Waals surface area contributed by atoms with Gasteiger partial charge in [-0.25, -0.2) is 4.39 Å². The number of hydrogen-bond donors (Lipinski definition) is 1. The molecule has 3 nitrogen and oxygen atoms in total. The molecule has 1 aromatic heterocycles. The summed E-state index contributed by atoms with van der Waals surface area (Å²) in [4.78, 5) is 6.60. The predicted octanol–water partition coefficient (Wildman–Crippen LogP) is 2.74. The van der Waals surface area contributed by atoms with E-state index in [0.717, 1.165) is 25.1 Å². The van der Waals surface area contributed by atoms with Crippen molar-refractivity contribution >= 4 is 0 Å². The number of pyridine rings is 1. The molecule has 1 aliphatic rings. The van der Waals surface area contributed by atoms with Crippen molar-refractivity contribution in [1.82, 2.24) is 15.2 Å². The molecule has 0 spiro atoms. The van der Waals surface area contributed by atoms with Gasteiger partial charge in [-0.3, -0.25) is 4.98 Å². The summed E-state index contributed by atoms with van der Waals surface area (Å²) in [5.74, 6) is -0.272. The highest BCUT2D eigenvalue weighted by atomic mass is 19.1. The van der Waals surface area contributed by atoms with Crippen LogP contribution in [0.2, 0.25) is 0 Å². The summed E-state index contributed by atoms with van der Waals surface area (Å²) in [6.07, 6.45) is 4.60. The molecular weight excluding hydrogens is 241 g/mol. The van der Waals surface area contributed by atoms with Crippen LogP contribution in [0.25, 0.3) is 0 Å². The van der Waals surface area contributed by atoms with E-state index >= 15 is 0 Å². The molecule has 2 heterocycles. The average molecular weight is 265 g/mol. The van der Waals surface area contributed by atoms with Gasteiger partial charge in [0.05, 0.1) is 11.9 Å². The SMILES string of the molecule is CCC(NC1CCN(C)C(C)C1)c1ccc(F)cn1. The van der Waals surface area contributed by atoms with E-state index in [0.29, 0.717) is 12.1 Å². The van der Waals surface area contributed by atoms with Gasteiger partial charge >= 0.3 is 0 Å². The first-order valence-electron chi connectivity index (χ1n) is 7.18. The van der Waals surface area contributed by atoms with Gasteiger partial charge in [-0.2, -0.15) is 0 Å². The summed E-state index contributed by atoms with van der Waals surface area (Å²) in [7, 11) is 2.18. The van der Waals surface area contributed by atoms with Crippen LogP contribution in [0.4, 0.5) is 4.39 Å². The first-order valence-corrected chi connectivity index (χ1v) is 7.18. The lowest BCUT2D eigenvalue weighted by molar-refractivity contribution is 0.161. The number of piperidine rings is 1. The molecule has 0 aliphatic carbocycles. The minimum Gasteiger partial charge on any atom is -0.306 e. The lowest BCUT2D eigenvalue weighted by atomic mass is 9.97. The largest absolute Gasteiger partial charge is 0.306 e. The first-order chi connectivity index (χ1) is 9.10. The molecule has 1 N–H and O–H groups in total. The molecule has 0 amide bonds. The molecule has 19 heavy (non-hydrogen) atoms. The molecule has 1 saturated heterocycles. The van der Waals surface area contributed by atoms with E-state index in [2.05, 4.69) is 36.1 Å². The fourth-order valence-electron chi connectivity index (χ4n) is 2.73. The minimum absolute atomic E-state index is 0.223. The number of hydrogen-bond acceptors (Lipinski definition) is 3. The van der Waals surface area contributed by atoms with Crippen molar-refractivity contribution in [2.24, 2.45) is 0 Å². The van der Waals surface area contributed by atoms with Gasteiger partial charge in [-0.15, -0.1) is 0 Å². The Morgan fingerprint density at radius 2 is 2.32 bits per heavy atom. The minimum atomic E-state index is -0.272. The van der Waals surface area contributed by atoms with Crippen molar-refractivity contribution in [3.63, 3.8) is 0 Å². The van der Waals surface area contributed by atoms with E-state index in [-0.39, 0.29) is 11.9 Å². The van der Waals surface area contributed by atoms with Crippen molar-refractivity contribution in [3.8, 4) is 0 Å². The zero-order chi connectivity index (χ0) is 13.8. The second-order valence-corrected chi connectivity index (χ2v) is 5.58. The molecule has 0 saturated carbocycles. The second kappa shape index (κ2) is 6.44. The monoisotopic (exact) mass is 265 g/mol. The third-order valence-electron chi connectivity index (χ3n) is 4.16. The van der Waals surface area contributed by atoms with E-state index in [4.69, 9.17) is 0 Å². The molecule has 0 radical (unpaired) electrons. The molecular formula is C15H24FN3. The van der Waals surface area contributed by atoms with Crippen LogP contribution in [0.15, 0.2) is 18.3 Å². The third kappa shape index (κ3) is 3.74. The van der Waals surface area contributed by atoms with E-state index in [1.807, 2.05) is 0 Å². The van der Waals surface area contributed by atoms with E-state index < -0.39 is 0 Å². The zero-order valence-electron chi connectivity index (χ0n) is 12.1. The van der Waals surface area contributed by atoms with Crippen LogP contribution in [-0.2, 0) is 0 Å². The van der Waals surface area contributed by atoms with Crippen molar-refractivity contribution in [3.05, 3.63) is 29.8 Å². The summed E-state index contributed by atoms with van der Waals surface area (Å²) >= 11 is 0. The number of nitrogens with one attached hydrogen (secondary N) is 1. The Morgan fingerprint density at radius 1 is 1.53 bits per heavy atom. The fraction of sp³-hybridized carbons (Fsp3) is 0.667. The molecule has 0 bridgehead atoms. The van der Waals surface area contributed by atoms with E-state index in [1.54, 1.807) is 6.07 Å².